The quantitative estimate of drug-likeness (QED) is 0.0914. The summed E-state index contributed by atoms with van der Waals surface area (Å²) in [6.07, 6.45) is 2.55. The summed E-state index contributed by atoms with van der Waals surface area (Å²) in [6.45, 7) is 9.85. The summed E-state index contributed by atoms with van der Waals surface area (Å²) in [5.74, 6) is 0. The Hall–Kier alpha value is -4.20. The molecule has 0 N–H and O–H groups in total. The number of hydrogen-bond donors (Lipinski definition) is 1. The van der Waals surface area contributed by atoms with E-state index in [0.717, 1.165) is 0 Å². The number of para-hydroxylation sites is 3. The molecule has 3 aliphatic heterocycles. The van der Waals surface area contributed by atoms with Crippen LogP contribution in [0.3, 0.4) is 0 Å². The Labute approximate surface area is 312 Å². The topological polar surface area (TPSA) is 8.17 Å². The van der Waals surface area contributed by atoms with Crippen LogP contribution in [0, 0.1) is 0 Å². The van der Waals surface area contributed by atoms with Crippen LogP contribution in [-0.4, -0.2) is 23.8 Å². The van der Waals surface area contributed by atoms with Crippen LogP contribution < -0.4 is 15.8 Å². The molecule has 0 amide bonds. The van der Waals surface area contributed by atoms with E-state index in [1.165, 1.54) is 104 Å². The molecule has 0 saturated carbocycles. The van der Waals surface area contributed by atoms with Crippen LogP contribution in [0.2, 0.25) is 0 Å². The van der Waals surface area contributed by atoms with E-state index in [0.29, 0.717) is 0 Å². The summed E-state index contributed by atoms with van der Waals surface area (Å²) < 4.78 is 2.81. The second-order valence-corrected chi connectivity index (χ2v) is 30.7. The van der Waals surface area contributed by atoms with Gasteiger partial charge in [0.05, 0.1) is 11.4 Å². The molecule has 0 saturated heterocycles. The third-order valence-electron chi connectivity index (χ3n) is 13.5. The number of thiol groups is 1. The zero-order valence-electron chi connectivity index (χ0n) is 29.8. The number of anilines is 3. The van der Waals surface area contributed by atoms with Crippen molar-refractivity contribution in [3.8, 4) is 33.5 Å². The summed E-state index contributed by atoms with van der Waals surface area (Å²) in [7, 11) is 0. The molecule has 7 aromatic rings. The van der Waals surface area contributed by atoms with Crippen molar-refractivity contribution in [3.05, 3.63) is 138 Å². The summed E-state index contributed by atoms with van der Waals surface area (Å²) in [5, 5.41) is 1.40. The van der Waals surface area contributed by atoms with Crippen molar-refractivity contribution in [3.63, 3.8) is 0 Å². The number of nitrogens with zero attached hydrogens (tertiary/aromatic N) is 2. The highest BCUT2D eigenvalue weighted by molar-refractivity contribution is 14.2. The maximum Gasteiger partial charge on any atom is 0.333 e. The second kappa shape index (κ2) is 8.70. The number of fused-ring (bicyclic) bond motifs is 15. The summed E-state index contributed by atoms with van der Waals surface area (Å²) >= 11 is 2.89. The van der Waals surface area contributed by atoms with E-state index in [9.17, 15) is 0 Å². The standard InChI is InChI=1S/C46H38BIN2S/c1-45(2)32-19-9-7-15-26(32)30-25-31-27-17-13-18-29-38-42(28-16-8-10-20-33(28)46(38,3)4)50(41(27)29)47-34-21-14-24-37-43(34)49(44(39(30)45)40(31)47)35-22-11-12-23-36(35)51(37,5,6)48/h7-25,51H,1-6H3. The zero-order valence-corrected chi connectivity index (χ0v) is 32.8. The predicted octanol–water partition coefficient (Wildman–Crippen LogP) is 11.1. The normalized spacial score (nSPS) is 19.5. The van der Waals surface area contributed by atoms with Gasteiger partial charge in [-0.2, -0.15) is 0 Å². The fourth-order valence-corrected chi connectivity index (χ4v) is 16.8. The minimum atomic E-state index is -2.58. The summed E-state index contributed by atoms with van der Waals surface area (Å²) in [5.41, 5.74) is 22.3. The summed E-state index contributed by atoms with van der Waals surface area (Å²) in [6, 6.07) is 44.8. The Morgan fingerprint density at radius 3 is 2.02 bits per heavy atom. The molecule has 2 aliphatic carbocycles. The Balaban J connectivity index is 1.34. The fraction of sp³-hybridized carbons (Fsp3) is 0.174. The number of hydrogen-bond acceptors (Lipinski definition) is 1. The molecule has 1 aromatic heterocycles. The molecule has 6 aromatic carbocycles. The van der Waals surface area contributed by atoms with Gasteiger partial charge in [-0.05, 0) is 108 Å². The molecule has 12 rings (SSSR count). The lowest BCUT2D eigenvalue weighted by Gasteiger charge is -2.59. The molecule has 0 fully saturated rings. The average molecular weight is 789 g/mol. The molecule has 4 heterocycles. The van der Waals surface area contributed by atoms with Crippen LogP contribution in [0.15, 0.2) is 125 Å². The van der Waals surface area contributed by atoms with Crippen LogP contribution in [0.1, 0.15) is 49.9 Å². The Kier molecular flexibility index (Phi) is 5.01. The molecule has 2 nitrogen and oxygen atoms in total. The van der Waals surface area contributed by atoms with Gasteiger partial charge >= 0.3 is 6.85 Å². The van der Waals surface area contributed by atoms with Crippen LogP contribution >= 0.6 is 27.5 Å². The average Bonchev–Trinajstić information content (AvgIpc) is 3.68. The van der Waals surface area contributed by atoms with E-state index < -0.39 is 6.33 Å². The third-order valence-corrected chi connectivity index (χ3v) is 20.1. The highest BCUT2D eigenvalue weighted by Crippen LogP contribution is 2.87. The highest BCUT2D eigenvalue weighted by Gasteiger charge is 2.54. The van der Waals surface area contributed by atoms with Crippen LogP contribution in [-0.2, 0) is 10.8 Å². The lowest BCUT2D eigenvalue weighted by atomic mass is 9.44. The Morgan fingerprint density at radius 2 is 1.22 bits per heavy atom. The van der Waals surface area contributed by atoms with Crippen LogP contribution in [0.5, 0.6) is 0 Å². The minimum absolute atomic E-state index is 0.0442. The molecule has 0 unspecified atom stereocenters. The lowest BCUT2D eigenvalue weighted by molar-refractivity contribution is 0.661. The number of halogens is 1. The van der Waals surface area contributed by atoms with Gasteiger partial charge in [-0.3, -0.25) is 0 Å². The van der Waals surface area contributed by atoms with Crippen molar-refractivity contribution >= 4 is 73.3 Å². The van der Waals surface area contributed by atoms with Gasteiger partial charge in [0.15, 0.2) is 0 Å². The van der Waals surface area contributed by atoms with Gasteiger partial charge in [0, 0.05) is 54.0 Å². The first kappa shape index (κ1) is 29.4. The smallest absolute Gasteiger partial charge is 0.333 e. The Morgan fingerprint density at radius 1 is 0.588 bits per heavy atom. The number of rotatable bonds is 0. The molecule has 0 atom stereocenters. The molecule has 0 radical (unpaired) electrons. The van der Waals surface area contributed by atoms with Gasteiger partial charge in [0.1, 0.15) is 0 Å². The van der Waals surface area contributed by atoms with Gasteiger partial charge < -0.3 is 9.38 Å². The molecule has 248 valence electrons. The maximum atomic E-state index is 2.89. The van der Waals surface area contributed by atoms with Gasteiger partial charge in [0.25, 0.3) is 0 Å². The summed E-state index contributed by atoms with van der Waals surface area (Å²) in [4.78, 5) is 5.74. The minimum Gasteiger partial charge on any atom is -0.375 e. The fourth-order valence-electron chi connectivity index (χ4n) is 11.4. The van der Waals surface area contributed by atoms with E-state index >= 15 is 0 Å². The number of aromatic nitrogens is 1. The molecule has 0 bridgehead atoms. The molecule has 0 spiro atoms. The van der Waals surface area contributed by atoms with Crippen molar-refractivity contribution in [2.24, 2.45) is 0 Å². The molecule has 5 heteroatoms. The van der Waals surface area contributed by atoms with Gasteiger partial charge in [-0.15, -0.1) is 0 Å². The van der Waals surface area contributed by atoms with Gasteiger partial charge in [-0.25, -0.2) is 6.33 Å². The van der Waals surface area contributed by atoms with E-state index in [1.807, 2.05) is 0 Å². The van der Waals surface area contributed by atoms with Crippen LogP contribution in [0.4, 0.5) is 17.1 Å². The second-order valence-electron chi connectivity index (χ2n) is 17.1. The SMILES string of the molecule is CC1(C)c2ccccc2-c2cc3c4c(c21)N1c2ccccc2[SH](C)(C)(I)c2cccc(c21)B4n1c2c(c4cccc-3c41)C(C)(C)c1ccccc1-2. The van der Waals surface area contributed by atoms with Crippen molar-refractivity contribution < 1.29 is 0 Å². The van der Waals surface area contributed by atoms with Gasteiger partial charge in [0.2, 0.25) is 0 Å². The monoisotopic (exact) mass is 788 g/mol. The molecular formula is C46H38BIN2S. The maximum absolute atomic E-state index is 2.89. The highest BCUT2D eigenvalue weighted by atomic mass is 127. The van der Waals surface area contributed by atoms with Gasteiger partial charge in [-0.1, -0.05) is 119 Å². The van der Waals surface area contributed by atoms with Crippen molar-refractivity contribution in [1.82, 2.24) is 4.48 Å². The van der Waals surface area contributed by atoms with E-state index in [2.05, 4.69) is 186 Å². The third kappa shape index (κ3) is 3.08. The van der Waals surface area contributed by atoms with E-state index in [4.69, 9.17) is 0 Å². The first-order chi connectivity index (χ1) is 24.4. The van der Waals surface area contributed by atoms with Crippen molar-refractivity contribution in [2.45, 2.75) is 48.3 Å². The molecular weight excluding hydrogens is 750 g/mol. The Bertz CT molecular complexity index is 2830. The van der Waals surface area contributed by atoms with E-state index in [-0.39, 0.29) is 17.7 Å². The first-order valence-electron chi connectivity index (χ1n) is 18.3. The largest absolute Gasteiger partial charge is 0.375 e. The predicted molar refractivity (Wildman–Crippen MR) is 229 cm³/mol. The zero-order chi connectivity index (χ0) is 34.6. The number of benzene rings is 6. The lowest BCUT2D eigenvalue weighted by Crippen LogP contribution is -2.58. The van der Waals surface area contributed by atoms with Crippen molar-refractivity contribution in [1.29, 1.82) is 0 Å². The first-order valence-corrected chi connectivity index (χ1v) is 24.2. The molecule has 5 aliphatic rings. The van der Waals surface area contributed by atoms with Crippen molar-refractivity contribution in [2.75, 3.05) is 17.4 Å². The van der Waals surface area contributed by atoms with Crippen LogP contribution in [0.25, 0.3) is 44.4 Å². The molecule has 51 heavy (non-hydrogen) atoms. The van der Waals surface area contributed by atoms with E-state index in [1.54, 1.807) is 0 Å².